The second-order valence-electron chi connectivity index (χ2n) is 6.81. The van der Waals surface area contributed by atoms with Crippen LogP contribution in [0.2, 0.25) is 0 Å². The van der Waals surface area contributed by atoms with Gasteiger partial charge in [-0.1, -0.05) is 45.0 Å². The molecule has 1 aliphatic rings. The molecule has 1 aromatic rings. The van der Waals surface area contributed by atoms with Gasteiger partial charge < -0.3 is 5.32 Å². The van der Waals surface area contributed by atoms with E-state index in [0.717, 1.165) is 5.56 Å². The van der Waals surface area contributed by atoms with Crippen LogP contribution >= 0.6 is 0 Å². The second kappa shape index (κ2) is 6.24. The van der Waals surface area contributed by atoms with E-state index in [0.29, 0.717) is 6.42 Å². The molecule has 120 valence electrons. The number of rotatable bonds is 3. The lowest BCUT2D eigenvalue weighted by atomic mass is 9.87. The van der Waals surface area contributed by atoms with Crippen molar-refractivity contribution in [3.8, 4) is 0 Å². The first-order chi connectivity index (χ1) is 10.2. The fourth-order valence-electron chi connectivity index (χ4n) is 2.42. The molecular weight excluding hydrogens is 298 g/mol. The zero-order chi connectivity index (χ0) is 16.4. The zero-order valence-electron chi connectivity index (χ0n) is 13.3. The average molecular weight is 321 g/mol. The summed E-state index contributed by atoms with van der Waals surface area (Å²) in [4.78, 5) is 11.8. The van der Waals surface area contributed by atoms with Gasteiger partial charge in [-0.2, -0.15) is 0 Å². The summed E-state index contributed by atoms with van der Waals surface area (Å²) in [6.07, 6.45) is 3.70. The summed E-state index contributed by atoms with van der Waals surface area (Å²) in [6, 6.07) is 7.81. The van der Waals surface area contributed by atoms with Crippen molar-refractivity contribution in [3.05, 3.63) is 41.5 Å². The lowest BCUT2D eigenvalue weighted by Crippen LogP contribution is -2.34. The molecule has 0 aliphatic carbocycles. The van der Waals surface area contributed by atoms with Gasteiger partial charge in [-0.15, -0.1) is 0 Å². The summed E-state index contributed by atoms with van der Waals surface area (Å²) >= 11 is 0. The lowest BCUT2D eigenvalue weighted by molar-refractivity contribution is -0.116. The van der Waals surface area contributed by atoms with Gasteiger partial charge >= 0.3 is 0 Å². The number of carbonyl (C=O) groups excluding carboxylic acids is 1. The predicted molar refractivity (Wildman–Crippen MR) is 89.4 cm³/mol. The number of sulfone groups is 1. The summed E-state index contributed by atoms with van der Waals surface area (Å²) in [5.41, 5.74) is 2.29. The highest BCUT2D eigenvalue weighted by molar-refractivity contribution is 7.91. The van der Waals surface area contributed by atoms with Crippen LogP contribution in [0, 0.1) is 0 Å². The van der Waals surface area contributed by atoms with Crippen molar-refractivity contribution >= 4 is 21.8 Å². The Morgan fingerprint density at radius 1 is 1.23 bits per heavy atom. The highest BCUT2D eigenvalue weighted by atomic mass is 32.2. The minimum absolute atomic E-state index is 0.0485. The van der Waals surface area contributed by atoms with E-state index in [1.165, 1.54) is 11.6 Å². The molecule has 4 nitrogen and oxygen atoms in total. The molecule has 1 amide bonds. The highest BCUT2D eigenvalue weighted by Crippen LogP contribution is 2.22. The molecule has 5 heteroatoms. The molecule has 0 spiro atoms. The van der Waals surface area contributed by atoms with Gasteiger partial charge in [-0.3, -0.25) is 4.79 Å². The lowest BCUT2D eigenvalue weighted by Gasteiger charge is -2.18. The van der Waals surface area contributed by atoms with E-state index in [2.05, 4.69) is 38.2 Å². The first-order valence-corrected chi connectivity index (χ1v) is 9.27. The number of amides is 1. The zero-order valence-corrected chi connectivity index (χ0v) is 14.1. The highest BCUT2D eigenvalue weighted by Gasteiger charge is 2.28. The van der Waals surface area contributed by atoms with Crippen molar-refractivity contribution in [3.63, 3.8) is 0 Å². The summed E-state index contributed by atoms with van der Waals surface area (Å²) in [5, 5.41) is 2.74. The molecule has 1 aromatic carbocycles. The van der Waals surface area contributed by atoms with E-state index in [4.69, 9.17) is 0 Å². The first-order valence-electron chi connectivity index (χ1n) is 7.45. The Balaban J connectivity index is 1.93. The van der Waals surface area contributed by atoms with Gasteiger partial charge in [-0.25, -0.2) is 8.42 Å². The SMILES string of the molecule is CC(C)(C)c1ccc(C=CC(=O)NC2CCS(=O)(=O)C2)cc1. The smallest absolute Gasteiger partial charge is 0.244 e. The number of hydrogen-bond donors (Lipinski definition) is 1. The Morgan fingerprint density at radius 2 is 1.86 bits per heavy atom. The summed E-state index contributed by atoms with van der Waals surface area (Å²) in [5.74, 6) is -0.0371. The van der Waals surface area contributed by atoms with E-state index >= 15 is 0 Å². The van der Waals surface area contributed by atoms with Crippen LogP contribution in [0.5, 0.6) is 0 Å². The van der Waals surface area contributed by atoms with Crippen molar-refractivity contribution in [2.75, 3.05) is 11.5 Å². The van der Waals surface area contributed by atoms with Crippen molar-refractivity contribution in [2.24, 2.45) is 0 Å². The molecular formula is C17H23NO3S. The molecule has 1 unspecified atom stereocenters. The molecule has 0 saturated carbocycles. The molecule has 0 bridgehead atoms. The molecule has 1 heterocycles. The molecule has 2 rings (SSSR count). The molecule has 22 heavy (non-hydrogen) atoms. The van der Waals surface area contributed by atoms with Crippen molar-refractivity contribution < 1.29 is 13.2 Å². The van der Waals surface area contributed by atoms with Crippen LogP contribution in [0.3, 0.4) is 0 Å². The molecule has 1 N–H and O–H groups in total. The van der Waals surface area contributed by atoms with E-state index in [1.54, 1.807) is 6.08 Å². The summed E-state index contributed by atoms with van der Waals surface area (Å²) < 4.78 is 22.7. The number of hydrogen-bond acceptors (Lipinski definition) is 3. The van der Waals surface area contributed by atoms with Crippen LogP contribution in [0.15, 0.2) is 30.3 Å². The average Bonchev–Trinajstić information content (AvgIpc) is 2.75. The Hall–Kier alpha value is -1.62. The van der Waals surface area contributed by atoms with Crippen molar-refractivity contribution in [1.29, 1.82) is 0 Å². The Kier molecular flexibility index (Phi) is 4.75. The van der Waals surface area contributed by atoms with Crippen LogP contribution in [-0.4, -0.2) is 31.9 Å². The van der Waals surface area contributed by atoms with Gasteiger partial charge in [-0.05, 0) is 29.0 Å². The first kappa shape index (κ1) is 16.7. The minimum Gasteiger partial charge on any atom is -0.349 e. The maximum atomic E-state index is 11.8. The molecule has 1 saturated heterocycles. The third-order valence-electron chi connectivity index (χ3n) is 3.78. The van der Waals surface area contributed by atoms with Gasteiger partial charge in [0.05, 0.1) is 11.5 Å². The second-order valence-corrected chi connectivity index (χ2v) is 9.04. The quantitative estimate of drug-likeness (QED) is 0.869. The number of benzene rings is 1. The van der Waals surface area contributed by atoms with E-state index in [1.807, 2.05) is 12.1 Å². The maximum Gasteiger partial charge on any atom is 0.244 e. The standard InChI is InChI=1S/C17H23NO3S/c1-17(2,3)14-7-4-13(5-8-14)6-9-16(19)18-15-10-11-22(20,21)12-15/h4-9,15H,10-12H2,1-3H3,(H,18,19). The van der Waals surface area contributed by atoms with Crippen LogP contribution in [0.1, 0.15) is 38.3 Å². The topological polar surface area (TPSA) is 63.2 Å². The van der Waals surface area contributed by atoms with E-state index in [-0.39, 0.29) is 28.9 Å². The molecule has 1 aliphatic heterocycles. The third kappa shape index (κ3) is 4.70. The summed E-state index contributed by atoms with van der Waals surface area (Å²) in [7, 11) is -2.97. The van der Waals surface area contributed by atoms with Gasteiger partial charge in [0.1, 0.15) is 0 Å². The Labute approximate surface area is 132 Å². The maximum absolute atomic E-state index is 11.8. The normalized spacial score (nSPS) is 21.1. The minimum atomic E-state index is -2.97. The van der Waals surface area contributed by atoms with E-state index in [9.17, 15) is 13.2 Å². The Bertz CT molecular complexity index is 667. The Morgan fingerprint density at radius 3 is 2.36 bits per heavy atom. The van der Waals surface area contributed by atoms with Gasteiger partial charge in [0, 0.05) is 12.1 Å². The van der Waals surface area contributed by atoms with Crippen LogP contribution < -0.4 is 5.32 Å². The van der Waals surface area contributed by atoms with Crippen LogP contribution in [-0.2, 0) is 20.0 Å². The molecule has 1 atom stereocenters. The van der Waals surface area contributed by atoms with Crippen molar-refractivity contribution in [2.45, 2.75) is 38.6 Å². The number of carbonyl (C=O) groups is 1. The predicted octanol–water partition coefficient (Wildman–Crippen LogP) is 2.30. The fourth-order valence-corrected chi connectivity index (χ4v) is 4.10. The van der Waals surface area contributed by atoms with Crippen molar-refractivity contribution in [1.82, 2.24) is 5.32 Å². The third-order valence-corrected chi connectivity index (χ3v) is 5.55. The van der Waals surface area contributed by atoms with E-state index < -0.39 is 9.84 Å². The monoisotopic (exact) mass is 321 g/mol. The van der Waals surface area contributed by atoms with Gasteiger partial charge in [0.2, 0.25) is 5.91 Å². The summed E-state index contributed by atoms with van der Waals surface area (Å²) in [6.45, 7) is 6.46. The van der Waals surface area contributed by atoms with Gasteiger partial charge in [0.15, 0.2) is 9.84 Å². The largest absolute Gasteiger partial charge is 0.349 e. The van der Waals surface area contributed by atoms with Gasteiger partial charge in [0.25, 0.3) is 0 Å². The molecule has 0 radical (unpaired) electrons. The van der Waals surface area contributed by atoms with Crippen LogP contribution in [0.4, 0.5) is 0 Å². The van der Waals surface area contributed by atoms with Crippen LogP contribution in [0.25, 0.3) is 6.08 Å². The fraction of sp³-hybridized carbons (Fsp3) is 0.471. The molecule has 1 fully saturated rings. The molecule has 0 aromatic heterocycles. The number of nitrogens with one attached hydrogen (secondary N) is 1.